The van der Waals surface area contributed by atoms with Gasteiger partial charge in [0.05, 0.1) is 5.52 Å². The molecule has 1 unspecified atom stereocenters. The number of carbonyl (C=O) groups excluding carboxylic acids is 3. The highest BCUT2D eigenvalue weighted by Gasteiger charge is 2.30. The molecule has 1 aliphatic rings. The van der Waals surface area contributed by atoms with E-state index in [4.69, 9.17) is 4.74 Å². The van der Waals surface area contributed by atoms with E-state index in [1.165, 1.54) is 4.90 Å². The van der Waals surface area contributed by atoms with Crippen molar-refractivity contribution in [1.82, 2.24) is 20.0 Å². The normalized spacial score (nSPS) is 16.6. The smallest absolute Gasteiger partial charge is 0.410 e. The van der Waals surface area contributed by atoms with Gasteiger partial charge < -0.3 is 24.6 Å². The van der Waals surface area contributed by atoms with Crippen LogP contribution in [0.3, 0.4) is 0 Å². The van der Waals surface area contributed by atoms with Gasteiger partial charge in [-0.3, -0.25) is 9.58 Å². The van der Waals surface area contributed by atoms with Crippen LogP contribution >= 0.6 is 0 Å². The van der Waals surface area contributed by atoms with Crippen LogP contribution in [0.5, 0.6) is 0 Å². The molecule has 1 saturated heterocycles. The van der Waals surface area contributed by atoms with Gasteiger partial charge >= 0.3 is 12.1 Å². The topological polar surface area (TPSA) is 100 Å². The predicted molar refractivity (Wildman–Crippen MR) is 128 cm³/mol. The maximum Gasteiger partial charge on any atom is 0.410 e. The molecule has 0 saturated carbocycles. The van der Waals surface area contributed by atoms with E-state index >= 15 is 0 Å². The number of nitrogens with one attached hydrogen (secondary N) is 1. The fourth-order valence-corrected chi connectivity index (χ4v) is 4.06. The molecule has 1 aromatic heterocycles. The molecule has 2 aromatic rings. The molecule has 1 aromatic carbocycles. The van der Waals surface area contributed by atoms with Crippen molar-refractivity contribution < 1.29 is 19.1 Å². The fraction of sp³-hybridized carbons (Fsp3) is 0.565. The lowest BCUT2D eigenvalue weighted by atomic mass is 10.1. The summed E-state index contributed by atoms with van der Waals surface area (Å²) in [6.45, 7) is 9.76. The molecular formula is C23H34N6O4. The number of hydrogen-bond donors (Lipinski definition) is 1. The molecule has 1 aliphatic heterocycles. The third-order valence-electron chi connectivity index (χ3n) is 5.61. The van der Waals surface area contributed by atoms with Gasteiger partial charge in [0, 0.05) is 63.8 Å². The number of urea groups is 1. The molecule has 180 valence electrons. The number of carbonyl (C=O) groups is 3. The number of nitrogens with zero attached hydrogens (tertiary/aromatic N) is 5. The van der Waals surface area contributed by atoms with Crippen LogP contribution in [0.2, 0.25) is 0 Å². The Kier molecular flexibility index (Phi) is 7.14. The van der Waals surface area contributed by atoms with E-state index in [0.29, 0.717) is 25.5 Å². The molecule has 10 heteroatoms. The van der Waals surface area contributed by atoms with Crippen molar-refractivity contribution in [1.29, 1.82) is 0 Å². The Morgan fingerprint density at radius 3 is 2.64 bits per heavy atom. The summed E-state index contributed by atoms with van der Waals surface area (Å²) in [5, 5.41) is 8.01. The Morgan fingerprint density at radius 2 is 2.03 bits per heavy atom. The highest BCUT2D eigenvalue weighted by atomic mass is 16.6. The summed E-state index contributed by atoms with van der Waals surface area (Å²) >= 11 is 0. The van der Waals surface area contributed by atoms with E-state index < -0.39 is 5.60 Å². The molecule has 1 atom stereocenters. The molecule has 1 fully saturated rings. The zero-order valence-electron chi connectivity index (χ0n) is 20.3. The van der Waals surface area contributed by atoms with Crippen LogP contribution in [-0.2, 0) is 16.6 Å². The maximum absolute atomic E-state index is 12.5. The van der Waals surface area contributed by atoms with Gasteiger partial charge in [-0.15, -0.1) is 0 Å². The van der Waals surface area contributed by atoms with Crippen molar-refractivity contribution in [2.75, 3.05) is 43.0 Å². The molecule has 0 bridgehead atoms. The first-order valence-electron chi connectivity index (χ1n) is 11.2. The molecule has 10 nitrogen and oxygen atoms in total. The van der Waals surface area contributed by atoms with E-state index in [1.54, 1.807) is 16.6 Å². The zero-order valence-corrected chi connectivity index (χ0v) is 20.3. The number of aldehydes is 1. The van der Waals surface area contributed by atoms with Crippen molar-refractivity contribution in [3.8, 4) is 0 Å². The molecule has 33 heavy (non-hydrogen) atoms. The van der Waals surface area contributed by atoms with Crippen LogP contribution in [0.1, 0.15) is 34.1 Å². The zero-order chi connectivity index (χ0) is 24.3. The molecule has 0 radical (unpaired) electrons. The van der Waals surface area contributed by atoms with Crippen LogP contribution in [0.15, 0.2) is 18.2 Å². The highest BCUT2D eigenvalue weighted by molar-refractivity contribution is 6.01. The first-order chi connectivity index (χ1) is 15.6. The monoisotopic (exact) mass is 458 g/mol. The summed E-state index contributed by atoms with van der Waals surface area (Å²) < 4.78 is 7.26. The lowest BCUT2D eigenvalue weighted by Crippen LogP contribution is -2.54. The van der Waals surface area contributed by atoms with Crippen molar-refractivity contribution >= 4 is 40.8 Å². The largest absolute Gasteiger partial charge is 0.444 e. The molecule has 3 rings (SSSR count). The first kappa shape index (κ1) is 24.3. The average Bonchev–Trinajstić information content (AvgIpc) is 3.08. The van der Waals surface area contributed by atoms with E-state index in [2.05, 4.69) is 22.2 Å². The molecule has 0 aliphatic carbocycles. The van der Waals surface area contributed by atoms with E-state index in [-0.39, 0.29) is 31.1 Å². The number of anilines is 2. The number of aryl methyl sites for hydroxylation is 1. The third-order valence-corrected chi connectivity index (χ3v) is 5.61. The van der Waals surface area contributed by atoms with Crippen molar-refractivity contribution in [2.24, 2.45) is 7.05 Å². The Bertz CT molecular complexity index is 1030. The number of fused-ring (bicyclic) bond motifs is 1. The Morgan fingerprint density at radius 1 is 1.30 bits per heavy atom. The third kappa shape index (κ3) is 5.37. The summed E-state index contributed by atoms with van der Waals surface area (Å²) in [6.07, 6.45) is 0.728. The first-order valence-corrected chi connectivity index (χ1v) is 11.2. The summed E-state index contributed by atoms with van der Waals surface area (Å²) in [5.41, 5.74) is 1.38. The molecule has 2 heterocycles. The van der Waals surface area contributed by atoms with Crippen molar-refractivity contribution in [3.05, 3.63) is 18.2 Å². The van der Waals surface area contributed by atoms with E-state index in [0.717, 1.165) is 22.9 Å². The predicted octanol–water partition coefficient (Wildman–Crippen LogP) is 2.75. The SMILES string of the molecule is CNC(=O)N(CCC=O)c1nn(C)c2cc(N3CCN(C(=O)OC(C)(C)C)CC3C)ccc12. The van der Waals surface area contributed by atoms with Crippen LogP contribution < -0.4 is 15.1 Å². The van der Waals surface area contributed by atoms with Gasteiger partial charge in [0.2, 0.25) is 0 Å². The molecular weight excluding hydrogens is 424 g/mol. The lowest BCUT2D eigenvalue weighted by Gasteiger charge is -2.41. The molecule has 3 amide bonds. The number of amides is 3. The van der Waals surface area contributed by atoms with Gasteiger partial charge in [-0.25, -0.2) is 9.59 Å². The fourth-order valence-electron chi connectivity index (χ4n) is 4.06. The standard InChI is InChI=1S/C23H34N6O4/c1-16-15-27(22(32)33-23(2,3)4)11-12-28(16)17-8-9-18-19(14-17)26(6)25-20(18)29(10-7-13-30)21(31)24-5/h8-9,13-14,16H,7,10-12,15H2,1-6H3,(H,24,31). The van der Waals surface area contributed by atoms with Gasteiger partial charge in [0.15, 0.2) is 5.82 Å². The second-order valence-corrected chi connectivity index (χ2v) is 9.28. The number of rotatable bonds is 5. The minimum absolute atomic E-state index is 0.103. The summed E-state index contributed by atoms with van der Waals surface area (Å²) in [7, 11) is 3.39. The Labute approximate surface area is 194 Å². The van der Waals surface area contributed by atoms with Gasteiger partial charge in [-0.05, 0) is 45.9 Å². The van der Waals surface area contributed by atoms with Crippen molar-refractivity contribution in [3.63, 3.8) is 0 Å². The van der Waals surface area contributed by atoms with Crippen LogP contribution in [0.4, 0.5) is 21.1 Å². The average molecular weight is 459 g/mol. The Hall–Kier alpha value is -3.30. The van der Waals surface area contributed by atoms with Gasteiger partial charge in [-0.1, -0.05) is 0 Å². The highest BCUT2D eigenvalue weighted by Crippen LogP contribution is 2.31. The van der Waals surface area contributed by atoms with Gasteiger partial charge in [0.1, 0.15) is 11.9 Å². The van der Waals surface area contributed by atoms with Crippen LogP contribution in [0.25, 0.3) is 10.9 Å². The number of aromatic nitrogens is 2. The second-order valence-electron chi connectivity index (χ2n) is 9.28. The van der Waals surface area contributed by atoms with Crippen molar-refractivity contribution in [2.45, 2.75) is 45.8 Å². The number of ether oxygens (including phenoxy) is 1. The maximum atomic E-state index is 12.5. The van der Waals surface area contributed by atoms with Gasteiger partial charge in [-0.2, -0.15) is 5.10 Å². The molecule has 1 N–H and O–H groups in total. The molecule has 0 spiro atoms. The van der Waals surface area contributed by atoms with Crippen LogP contribution in [-0.4, -0.2) is 78.0 Å². The minimum atomic E-state index is -0.520. The summed E-state index contributed by atoms with van der Waals surface area (Å²) in [4.78, 5) is 41.2. The summed E-state index contributed by atoms with van der Waals surface area (Å²) in [6, 6.07) is 5.80. The minimum Gasteiger partial charge on any atom is -0.444 e. The van der Waals surface area contributed by atoms with Gasteiger partial charge in [0.25, 0.3) is 0 Å². The second kappa shape index (κ2) is 9.68. The quantitative estimate of drug-likeness (QED) is 0.692. The van der Waals surface area contributed by atoms with E-state index in [9.17, 15) is 14.4 Å². The Balaban J connectivity index is 1.83. The number of benzene rings is 1. The van der Waals surface area contributed by atoms with E-state index in [1.807, 2.05) is 46.0 Å². The van der Waals surface area contributed by atoms with Crippen LogP contribution in [0, 0.1) is 0 Å². The number of hydrogen-bond acceptors (Lipinski definition) is 6. The number of piperazine rings is 1. The lowest BCUT2D eigenvalue weighted by molar-refractivity contribution is -0.107. The summed E-state index contributed by atoms with van der Waals surface area (Å²) in [5.74, 6) is 0.517.